The Bertz CT molecular complexity index is 774. The third kappa shape index (κ3) is 1.33. The van der Waals surface area contributed by atoms with Crippen LogP contribution in [0.5, 0.6) is 0 Å². The van der Waals surface area contributed by atoms with Crippen molar-refractivity contribution in [2.24, 2.45) is 0 Å². The molecule has 0 bridgehead atoms. The van der Waals surface area contributed by atoms with Gasteiger partial charge in [0.2, 0.25) is 5.71 Å². The molecule has 94 valence electrons. The summed E-state index contributed by atoms with van der Waals surface area (Å²) >= 11 is 0. The van der Waals surface area contributed by atoms with Crippen molar-refractivity contribution in [3.8, 4) is 11.7 Å². The van der Waals surface area contributed by atoms with E-state index in [0.29, 0.717) is 11.5 Å². The highest BCUT2D eigenvalue weighted by Gasteiger charge is 2.21. The summed E-state index contributed by atoms with van der Waals surface area (Å²) in [6.07, 6.45) is 0. The molecule has 3 aromatic rings. The summed E-state index contributed by atoms with van der Waals surface area (Å²) in [5, 5.41) is 11.3. The molecule has 0 atom stereocenters. The molecule has 0 aliphatic heterocycles. The number of nitrogens with one attached hydrogen (secondary N) is 1. The predicted octanol–water partition coefficient (Wildman–Crippen LogP) is 1.61. The number of aryl methyl sites for hydroxylation is 3. The molecule has 0 aromatic carbocycles. The first-order valence-electron chi connectivity index (χ1n) is 5.64. The lowest BCUT2D eigenvalue weighted by molar-refractivity contribution is 0.496. The van der Waals surface area contributed by atoms with Gasteiger partial charge in [-0.2, -0.15) is 0 Å². The van der Waals surface area contributed by atoms with Gasteiger partial charge in [-0.25, -0.2) is 9.89 Å². The lowest BCUT2D eigenvalue weighted by atomic mass is 10.2. The van der Waals surface area contributed by atoms with E-state index in [0.717, 1.165) is 23.2 Å². The van der Waals surface area contributed by atoms with E-state index in [9.17, 15) is 4.79 Å². The van der Waals surface area contributed by atoms with Gasteiger partial charge in [-0.05, 0) is 20.8 Å². The molecule has 3 heterocycles. The zero-order valence-electron chi connectivity index (χ0n) is 10.3. The van der Waals surface area contributed by atoms with E-state index in [4.69, 9.17) is 8.83 Å². The second-order valence-electron chi connectivity index (χ2n) is 4.06. The molecule has 0 saturated heterocycles. The van der Waals surface area contributed by atoms with Crippen molar-refractivity contribution >= 4 is 11.1 Å². The standard InChI is InChI=1S/C11H12N4O3/c1-4-15-6(3)7-5(2)8(17-9(7)14-15)10-12-13-11(16)18-10/h4H2,1-3H3,(H,13,16). The Morgan fingerprint density at radius 2 is 2.11 bits per heavy atom. The number of rotatable bonds is 2. The van der Waals surface area contributed by atoms with Crippen LogP contribution in [0.3, 0.4) is 0 Å². The van der Waals surface area contributed by atoms with Gasteiger partial charge in [-0.1, -0.05) is 0 Å². The number of hydrogen-bond acceptors (Lipinski definition) is 5. The van der Waals surface area contributed by atoms with E-state index >= 15 is 0 Å². The summed E-state index contributed by atoms with van der Waals surface area (Å²) in [4.78, 5) is 10.9. The number of aromatic nitrogens is 4. The van der Waals surface area contributed by atoms with E-state index in [1.54, 1.807) is 0 Å². The summed E-state index contributed by atoms with van der Waals surface area (Å²) in [6.45, 7) is 6.67. The summed E-state index contributed by atoms with van der Waals surface area (Å²) in [5.74, 6) is -0.0102. The third-order valence-corrected chi connectivity index (χ3v) is 3.02. The summed E-state index contributed by atoms with van der Waals surface area (Å²) in [6, 6.07) is 0. The second-order valence-corrected chi connectivity index (χ2v) is 4.06. The van der Waals surface area contributed by atoms with Gasteiger partial charge in [0.25, 0.3) is 5.89 Å². The molecule has 1 N–H and O–H groups in total. The summed E-state index contributed by atoms with van der Waals surface area (Å²) in [5.41, 5.74) is 2.43. The number of nitrogens with zero attached hydrogens (tertiary/aromatic N) is 3. The van der Waals surface area contributed by atoms with Crippen LogP contribution in [0.1, 0.15) is 18.2 Å². The Hall–Kier alpha value is -2.31. The minimum absolute atomic E-state index is 0.151. The average Bonchev–Trinajstić information content (AvgIpc) is 2.97. The lowest BCUT2D eigenvalue weighted by Crippen LogP contribution is -1.98. The molecular weight excluding hydrogens is 236 g/mol. The van der Waals surface area contributed by atoms with Gasteiger partial charge in [0.15, 0.2) is 5.76 Å². The fourth-order valence-corrected chi connectivity index (χ4v) is 2.15. The summed E-state index contributed by atoms with van der Waals surface area (Å²) < 4.78 is 12.4. The predicted molar refractivity (Wildman–Crippen MR) is 63.3 cm³/mol. The fraction of sp³-hybridized carbons (Fsp3) is 0.364. The monoisotopic (exact) mass is 248 g/mol. The van der Waals surface area contributed by atoms with Crippen molar-refractivity contribution in [1.82, 2.24) is 20.0 Å². The minimum atomic E-state index is -0.603. The van der Waals surface area contributed by atoms with Gasteiger partial charge in [0.1, 0.15) is 0 Å². The maximum Gasteiger partial charge on any atom is 0.434 e. The molecule has 18 heavy (non-hydrogen) atoms. The number of H-pyrrole nitrogens is 1. The van der Waals surface area contributed by atoms with Crippen LogP contribution < -0.4 is 5.76 Å². The molecule has 0 aliphatic carbocycles. The maximum atomic E-state index is 10.9. The van der Waals surface area contributed by atoms with Crippen molar-refractivity contribution in [2.45, 2.75) is 27.3 Å². The third-order valence-electron chi connectivity index (χ3n) is 3.02. The Balaban J connectivity index is 2.27. The average molecular weight is 248 g/mol. The van der Waals surface area contributed by atoms with E-state index in [-0.39, 0.29) is 5.89 Å². The second kappa shape index (κ2) is 3.59. The normalized spacial score (nSPS) is 11.5. The Kier molecular flexibility index (Phi) is 2.16. The Morgan fingerprint density at radius 1 is 1.33 bits per heavy atom. The molecule has 0 unspecified atom stereocenters. The number of furan rings is 1. The zero-order valence-corrected chi connectivity index (χ0v) is 10.3. The van der Waals surface area contributed by atoms with Crippen LogP contribution in [-0.2, 0) is 6.54 Å². The van der Waals surface area contributed by atoms with Crippen LogP contribution in [0.25, 0.3) is 22.8 Å². The minimum Gasteiger partial charge on any atom is -0.431 e. The molecule has 0 radical (unpaired) electrons. The van der Waals surface area contributed by atoms with Crippen LogP contribution in [0, 0.1) is 13.8 Å². The van der Waals surface area contributed by atoms with Crippen molar-refractivity contribution in [2.75, 3.05) is 0 Å². The molecule has 0 amide bonds. The molecule has 0 saturated carbocycles. The molecular formula is C11H12N4O3. The van der Waals surface area contributed by atoms with Crippen molar-refractivity contribution in [1.29, 1.82) is 0 Å². The summed E-state index contributed by atoms with van der Waals surface area (Å²) in [7, 11) is 0. The van der Waals surface area contributed by atoms with E-state index < -0.39 is 5.76 Å². The van der Waals surface area contributed by atoms with Crippen molar-refractivity contribution in [3.05, 3.63) is 21.8 Å². The lowest BCUT2D eigenvalue weighted by Gasteiger charge is -1.98. The first-order chi connectivity index (χ1) is 8.61. The smallest absolute Gasteiger partial charge is 0.431 e. The van der Waals surface area contributed by atoms with Crippen LogP contribution in [0.2, 0.25) is 0 Å². The largest absolute Gasteiger partial charge is 0.434 e. The van der Waals surface area contributed by atoms with Crippen molar-refractivity contribution < 1.29 is 8.83 Å². The van der Waals surface area contributed by atoms with E-state index in [1.165, 1.54) is 0 Å². The van der Waals surface area contributed by atoms with E-state index in [1.807, 2.05) is 25.5 Å². The highest BCUT2D eigenvalue weighted by atomic mass is 16.4. The van der Waals surface area contributed by atoms with Crippen molar-refractivity contribution in [3.63, 3.8) is 0 Å². The fourth-order valence-electron chi connectivity index (χ4n) is 2.15. The van der Waals surface area contributed by atoms with Gasteiger partial charge >= 0.3 is 5.76 Å². The Labute approximate surface area is 101 Å². The van der Waals surface area contributed by atoms with Crippen LogP contribution >= 0.6 is 0 Å². The van der Waals surface area contributed by atoms with Gasteiger partial charge in [-0.3, -0.25) is 4.68 Å². The highest BCUT2D eigenvalue weighted by Crippen LogP contribution is 2.32. The molecule has 0 aliphatic rings. The SMILES string of the molecule is CCn1nc2oc(-c3n[nH]c(=O)o3)c(C)c2c1C. The van der Waals surface area contributed by atoms with Crippen LogP contribution in [-0.4, -0.2) is 20.0 Å². The molecule has 7 nitrogen and oxygen atoms in total. The topological polar surface area (TPSA) is 89.9 Å². The molecule has 3 rings (SSSR count). The van der Waals surface area contributed by atoms with Gasteiger partial charge in [0.05, 0.1) is 5.39 Å². The van der Waals surface area contributed by atoms with Crippen LogP contribution in [0.4, 0.5) is 0 Å². The zero-order chi connectivity index (χ0) is 12.9. The van der Waals surface area contributed by atoms with E-state index in [2.05, 4.69) is 15.3 Å². The quantitative estimate of drug-likeness (QED) is 0.744. The van der Waals surface area contributed by atoms with Gasteiger partial charge in [-0.15, -0.1) is 10.2 Å². The van der Waals surface area contributed by atoms with Crippen LogP contribution in [0.15, 0.2) is 13.6 Å². The highest BCUT2D eigenvalue weighted by molar-refractivity contribution is 5.86. The number of fused-ring (bicyclic) bond motifs is 1. The number of hydrogen-bond donors (Lipinski definition) is 1. The maximum absolute atomic E-state index is 10.9. The Morgan fingerprint density at radius 3 is 2.67 bits per heavy atom. The molecule has 3 aromatic heterocycles. The molecule has 0 fully saturated rings. The molecule has 0 spiro atoms. The number of aromatic amines is 1. The van der Waals surface area contributed by atoms with Gasteiger partial charge in [0, 0.05) is 17.8 Å². The molecule has 7 heteroatoms. The first kappa shape index (κ1) is 10.8. The van der Waals surface area contributed by atoms with Gasteiger partial charge < -0.3 is 8.83 Å². The first-order valence-corrected chi connectivity index (χ1v) is 5.64.